The van der Waals surface area contributed by atoms with Gasteiger partial charge in [-0.1, -0.05) is 0 Å². The van der Waals surface area contributed by atoms with Crippen LogP contribution >= 0.6 is 18.5 Å². The minimum atomic E-state index is -3.73. The van der Waals surface area contributed by atoms with Gasteiger partial charge in [-0.25, -0.2) is 0 Å². The summed E-state index contributed by atoms with van der Waals surface area (Å²) in [6.07, 6.45) is 6.02. The Balaban J connectivity index is 4.56. The predicted octanol–water partition coefficient (Wildman–Crippen LogP) is 5.14. The predicted molar refractivity (Wildman–Crippen MR) is 87.6 cm³/mol. The van der Waals surface area contributed by atoms with Crippen molar-refractivity contribution < 1.29 is 9.79 Å². The van der Waals surface area contributed by atoms with Crippen LogP contribution < -0.4 is 0 Å². The van der Waals surface area contributed by atoms with Gasteiger partial charge in [-0.05, 0) is 0 Å². The van der Waals surface area contributed by atoms with E-state index >= 15 is 0 Å². The second-order valence-corrected chi connectivity index (χ2v) is 11.8. The summed E-state index contributed by atoms with van der Waals surface area (Å²) in [5.74, 6) is 0. The van der Waals surface area contributed by atoms with Gasteiger partial charge < -0.3 is 0 Å². The molecular formula is C14H33O2PS. The maximum absolute atomic E-state index is 10.7. The fourth-order valence-electron chi connectivity index (χ4n) is 2.40. The number of hydrogen-bond donors (Lipinski definition) is 3. The summed E-state index contributed by atoms with van der Waals surface area (Å²) in [7, 11) is 0. The monoisotopic (exact) mass is 296 g/mol. The fraction of sp³-hybridized carbons (Fsp3) is 1.00. The van der Waals surface area contributed by atoms with E-state index in [4.69, 9.17) is 0 Å². The number of thiol groups is 1. The van der Waals surface area contributed by atoms with Crippen LogP contribution in [0.3, 0.4) is 0 Å². The topological polar surface area (TPSA) is 40.5 Å². The van der Waals surface area contributed by atoms with Crippen LogP contribution in [-0.4, -0.2) is 21.6 Å². The molecule has 4 heteroatoms. The van der Waals surface area contributed by atoms with Gasteiger partial charge in [-0.3, -0.25) is 0 Å². The van der Waals surface area contributed by atoms with E-state index in [-0.39, 0.29) is 5.66 Å². The minimum absolute atomic E-state index is 0.0103. The molecule has 0 aromatic carbocycles. The molecule has 0 unspecified atom stereocenters. The van der Waals surface area contributed by atoms with Gasteiger partial charge >= 0.3 is 119 Å². The molecule has 0 fully saturated rings. The normalized spacial score (nSPS) is 14.7. The van der Waals surface area contributed by atoms with Gasteiger partial charge in [0, 0.05) is 0 Å². The third-order valence-corrected chi connectivity index (χ3v) is 8.49. The molecule has 2 nitrogen and oxygen atoms in total. The first-order valence-corrected chi connectivity index (χ1v) is 11.2. The Hall–Kier alpha value is 0.700. The van der Waals surface area contributed by atoms with E-state index in [2.05, 4.69) is 33.0 Å². The van der Waals surface area contributed by atoms with Crippen molar-refractivity contribution in [1.29, 1.82) is 0 Å². The van der Waals surface area contributed by atoms with E-state index in [1.807, 2.05) is 0 Å². The zero-order chi connectivity index (χ0) is 14.1. The van der Waals surface area contributed by atoms with Gasteiger partial charge in [0.2, 0.25) is 0 Å². The summed E-state index contributed by atoms with van der Waals surface area (Å²) in [5.41, 5.74) is 0.0103. The first-order chi connectivity index (χ1) is 8.35. The van der Waals surface area contributed by atoms with E-state index in [9.17, 15) is 9.79 Å². The van der Waals surface area contributed by atoms with E-state index in [1.165, 1.54) is 0 Å². The van der Waals surface area contributed by atoms with Crippen molar-refractivity contribution in [2.45, 2.75) is 84.2 Å². The first kappa shape index (κ1) is 18.7. The molecule has 0 aliphatic carbocycles. The number of rotatable bonds is 11. The Bertz CT molecular complexity index is 206. The molecule has 0 aliphatic rings. The Labute approximate surface area is 119 Å². The molecule has 0 rings (SSSR count). The summed E-state index contributed by atoms with van der Waals surface area (Å²) >= 11 is 4.40. The molecule has 0 radical (unpaired) electrons. The van der Waals surface area contributed by atoms with Gasteiger partial charge in [-0.2, -0.15) is 0 Å². The van der Waals surface area contributed by atoms with Crippen LogP contribution in [0, 0.1) is 0 Å². The second-order valence-electron chi connectivity index (χ2n) is 5.59. The van der Waals surface area contributed by atoms with Crippen LogP contribution in [0.25, 0.3) is 0 Å². The number of hydrogen-bond acceptors (Lipinski definition) is 3. The van der Waals surface area contributed by atoms with Crippen molar-refractivity contribution in [2.24, 2.45) is 0 Å². The second kappa shape index (κ2) is 8.79. The summed E-state index contributed by atoms with van der Waals surface area (Å²) in [4.78, 5) is 21.3. The Morgan fingerprint density at radius 3 is 1.67 bits per heavy atom. The molecular weight excluding hydrogens is 263 g/mol. The van der Waals surface area contributed by atoms with Crippen molar-refractivity contribution in [3.05, 3.63) is 0 Å². The quantitative estimate of drug-likeness (QED) is 0.281. The molecule has 0 aromatic heterocycles. The molecule has 0 heterocycles. The first-order valence-electron chi connectivity index (χ1n) is 7.61. The van der Waals surface area contributed by atoms with Gasteiger partial charge in [0.1, 0.15) is 0 Å². The van der Waals surface area contributed by atoms with E-state index in [1.54, 1.807) is 0 Å². The van der Waals surface area contributed by atoms with Crippen LogP contribution in [0.4, 0.5) is 0 Å². The standard InChI is InChI=1S/C14H33O2PS/c1-4-7-10-13-17(15,16,18)14(11-8-5-2)12-9-6-3/h14-16,18H,4-13H2,1-3H3. The van der Waals surface area contributed by atoms with Crippen LogP contribution in [0.1, 0.15) is 78.6 Å². The van der Waals surface area contributed by atoms with E-state index in [0.717, 1.165) is 57.8 Å². The molecule has 0 spiro atoms. The van der Waals surface area contributed by atoms with E-state index < -0.39 is 6.26 Å². The molecule has 0 aromatic rings. The molecule has 0 bridgehead atoms. The molecule has 0 amide bonds. The molecule has 0 saturated carbocycles. The van der Waals surface area contributed by atoms with Crippen molar-refractivity contribution in [3.63, 3.8) is 0 Å². The molecule has 18 heavy (non-hydrogen) atoms. The average molecular weight is 296 g/mol. The molecule has 0 atom stereocenters. The van der Waals surface area contributed by atoms with Crippen LogP contribution in [0.5, 0.6) is 0 Å². The summed E-state index contributed by atoms with van der Waals surface area (Å²) in [6, 6.07) is 0. The van der Waals surface area contributed by atoms with Crippen molar-refractivity contribution in [2.75, 3.05) is 6.16 Å². The van der Waals surface area contributed by atoms with E-state index in [0.29, 0.717) is 6.16 Å². The number of unbranched alkanes of at least 4 members (excludes halogenated alkanes) is 4. The van der Waals surface area contributed by atoms with Crippen molar-refractivity contribution in [1.82, 2.24) is 0 Å². The van der Waals surface area contributed by atoms with Crippen molar-refractivity contribution >= 4 is 18.5 Å². The summed E-state index contributed by atoms with van der Waals surface area (Å²) in [5, 5.41) is 0. The maximum atomic E-state index is 10.7. The molecule has 0 aliphatic heterocycles. The van der Waals surface area contributed by atoms with Gasteiger partial charge in [0.15, 0.2) is 0 Å². The van der Waals surface area contributed by atoms with Gasteiger partial charge in [-0.15, -0.1) is 0 Å². The third-order valence-electron chi connectivity index (χ3n) is 3.72. The summed E-state index contributed by atoms with van der Waals surface area (Å²) in [6.45, 7) is 6.43. The molecule has 0 saturated heterocycles. The Morgan fingerprint density at radius 2 is 1.28 bits per heavy atom. The molecule has 112 valence electrons. The molecule has 2 N–H and O–H groups in total. The van der Waals surface area contributed by atoms with Crippen LogP contribution in [-0.2, 0) is 0 Å². The van der Waals surface area contributed by atoms with Gasteiger partial charge in [0.25, 0.3) is 0 Å². The van der Waals surface area contributed by atoms with Crippen molar-refractivity contribution in [3.8, 4) is 0 Å². The Morgan fingerprint density at radius 1 is 0.833 bits per heavy atom. The fourth-order valence-corrected chi connectivity index (χ4v) is 6.14. The van der Waals surface area contributed by atoms with Crippen LogP contribution in [0.2, 0.25) is 0 Å². The zero-order valence-electron chi connectivity index (χ0n) is 12.4. The van der Waals surface area contributed by atoms with Crippen LogP contribution in [0.15, 0.2) is 0 Å². The zero-order valence-corrected chi connectivity index (χ0v) is 14.2. The third kappa shape index (κ3) is 7.33. The average Bonchev–Trinajstić information content (AvgIpc) is 2.28. The Kier molecular flexibility index (Phi) is 9.13. The van der Waals surface area contributed by atoms with Gasteiger partial charge in [0.05, 0.1) is 0 Å². The SMILES string of the molecule is CCCCCP(O)(O)(S)C(CCCC)CCCC. The summed E-state index contributed by atoms with van der Waals surface area (Å²) < 4.78 is 0.